The normalized spacial score (nSPS) is 30.5. The molecule has 0 radical (unpaired) electrons. The molecule has 2 saturated heterocycles. The van der Waals surface area contributed by atoms with Gasteiger partial charge in [-0.3, -0.25) is 9.89 Å². The Kier molecular flexibility index (Phi) is 2.52. The van der Waals surface area contributed by atoms with Crippen molar-refractivity contribution in [2.45, 2.75) is 30.9 Å². The fourth-order valence-corrected chi connectivity index (χ4v) is 5.95. The van der Waals surface area contributed by atoms with Gasteiger partial charge in [-0.25, -0.2) is 8.42 Å². The second-order valence-electron chi connectivity index (χ2n) is 6.05. The third-order valence-corrected chi connectivity index (χ3v) is 7.17. The van der Waals surface area contributed by atoms with E-state index in [9.17, 15) is 13.2 Å². The molecule has 0 aromatic carbocycles. The minimum atomic E-state index is -2.99. The largest absolute Gasteiger partial charge is 0.336 e. The molecule has 1 amide bonds. The number of aryl methyl sites for hydroxylation is 1. The number of H-pyrrole nitrogens is 1. The number of aromatic amines is 1. The number of amides is 1. The first-order chi connectivity index (χ1) is 9.56. The van der Waals surface area contributed by atoms with Gasteiger partial charge < -0.3 is 4.90 Å². The number of fused-ring (bicyclic) bond motifs is 2. The van der Waals surface area contributed by atoms with Crippen LogP contribution in [-0.2, 0) is 22.7 Å². The Morgan fingerprint density at radius 2 is 2.15 bits per heavy atom. The molecule has 7 heteroatoms. The van der Waals surface area contributed by atoms with Crippen LogP contribution >= 0.6 is 0 Å². The molecule has 0 saturated carbocycles. The monoisotopic (exact) mass is 295 g/mol. The number of aromatic nitrogens is 2. The lowest BCUT2D eigenvalue weighted by Crippen LogP contribution is -2.32. The van der Waals surface area contributed by atoms with E-state index in [-0.39, 0.29) is 22.8 Å². The number of sulfone groups is 1. The highest BCUT2D eigenvalue weighted by Crippen LogP contribution is 2.34. The summed E-state index contributed by atoms with van der Waals surface area (Å²) in [6, 6.07) is 0. The SMILES string of the molecule is O=C(c1n[nH]c2c1CCC2)N1C[C@@H]2CCS(=O)(=O)[C@@H]2C1. The van der Waals surface area contributed by atoms with E-state index < -0.39 is 9.84 Å². The molecule has 1 aliphatic carbocycles. The van der Waals surface area contributed by atoms with Crippen LogP contribution in [0.5, 0.6) is 0 Å². The number of nitrogens with zero attached hydrogens (tertiary/aromatic N) is 2. The van der Waals surface area contributed by atoms with Gasteiger partial charge in [0.15, 0.2) is 15.5 Å². The van der Waals surface area contributed by atoms with E-state index in [0.29, 0.717) is 25.2 Å². The van der Waals surface area contributed by atoms with Crippen molar-refractivity contribution in [3.8, 4) is 0 Å². The van der Waals surface area contributed by atoms with Gasteiger partial charge in [-0.05, 0) is 31.6 Å². The highest BCUT2D eigenvalue weighted by atomic mass is 32.2. The lowest BCUT2D eigenvalue weighted by atomic mass is 10.1. The summed E-state index contributed by atoms with van der Waals surface area (Å²) in [5.41, 5.74) is 2.62. The van der Waals surface area contributed by atoms with Gasteiger partial charge in [0.25, 0.3) is 5.91 Å². The molecule has 0 spiro atoms. The van der Waals surface area contributed by atoms with E-state index >= 15 is 0 Å². The van der Waals surface area contributed by atoms with Gasteiger partial charge in [0.1, 0.15) is 0 Å². The first kappa shape index (κ1) is 12.4. The number of rotatable bonds is 1. The van der Waals surface area contributed by atoms with Crippen molar-refractivity contribution in [1.29, 1.82) is 0 Å². The quantitative estimate of drug-likeness (QED) is 0.800. The molecule has 4 rings (SSSR count). The van der Waals surface area contributed by atoms with Gasteiger partial charge in [0.05, 0.1) is 11.0 Å². The zero-order valence-electron chi connectivity index (χ0n) is 11.1. The zero-order valence-corrected chi connectivity index (χ0v) is 11.9. The maximum absolute atomic E-state index is 12.6. The topological polar surface area (TPSA) is 83.1 Å². The fourth-order valence-electron chi connectivity index (χ4n) is 3.80. The molecule has 1 aromatic rings. The van der Waals surface area contributed by atoms with Gasteiger partial charge in [-0.15, -0.1) is 0 Å². The summed E-state index contributed by atoms with van der Waals surface area (Å²) >= 11 is 0. The van der Waals surface area contributed by atoms with Crippen molar-refractivity contribution in [2.75, 3.05) is 18.8 Å². The van der Waals surface area contributed by atoms with E-state index in [1.807, 2.05) is 0 Å². The van der Waals surface area contributed by atoms with Gasteiger partial charge in [0.2, 0.25) is 0 Å². The Labute approximate surface area is 117 Å². The predicted octanol–water partition coefficient (Wildman–Crippen LogP) is 0.158. The van der Waals surface area contributed by atoms with E-state index in [1.54, 1.807) is 4.90 Å². The number of carbonyl (C=O) groups is 1. The number of nitrogens with one attached hydrogen (secondary N) is 1. The minimum absolute atomic E-state index is 0.103. The Balaban J connectivity index is 1.59. The van der Waals surface area contributed by atoms with Gasteiger partial charge in [0, 0.05) is 24.3 Å². The fraction of sp³-hybridized carbons (Fsp3) is 0.692. The van der Waals surface area contributed by atoms with Crippen LogP contribution in [0.3, 0.4) is 0 Å². The molecule has 3 aliphatic rings. The number of hydrogen-bond acceptors (Lipinski definition) is 4. The van der Waals surface area contributed by atoms with Crippen molar-refractivity contribution in [2.24, 2.45) is 5.92 Å². The van der Waals surface area contributed by atoms with Crippen LogP contribution in [0, 0.1) is 5.92 Å². The lowest BCUT2D eigenvalue weighted by Gasteiger charge is -2.16. The first-order valence-corrected chi connectivity index (χ1v) is 8.85. The molecule has 0 unspecified atom stereocenters. The van der Waals surface area contributed by atoms with Crippen LogP contribution < -0.4 is 0 Å². The summed E-state index contributed by atoms with van der Waals surface area (Å²) in [4.78, 5) is 14.2. The van der Waals surface area contributed by atoms with E-state index in [4.69, 9.17) is 0 Å². The second kappa shape index (κ2) is 4.07. The average Bonchev–Trinajstić information content (AvgIpc) is 3.11. The van der Waals surface area contributed by atoms with Crippen LogP contribution in [0.2, 0.25) is 0 Å². The van der Waals surface area contributed by atoms with Crippen molar-refractivity contribution < 1.29 is 13.2 Å². The molecule has 0 bridgehead atoms. The maximum Gasteiger partial charge on any atom is 0.274 e. The third-order valence-electron chi connectivity index (χ3n) is 4.91. The number of carbonyl (C=O) groups excluding carboxylic acids is 1. The Morgan fingerprint density at radius 3 is 2.95 bits per heavy atom. The molecule has 108 valence electrons. The second-order valence-corrected chi connectivity index (χ2v) is 8.39. The summed E-state index contributed by atoms with van der Waals surface area (Å²) in [5.74, 6) is 0.298. The maximum atomic E-state index is 12.6. The smallest absolute Gasteiger partial charge is 0.274 e. The van der Waals surface area contributed by atoms with Crippen molar-refractivity contribution in [3.05, 3.63) is 17.0 Å². The molecule has 3 heterocycles. The molecule has 6 nitrogen and oxygen atoms in total. The zero-order chi connectivity index (χ0) is 13.9. The van der Waals surface area contributed by atoms with Crippen LogP contribution in [-0.4, -0.2) is 53.5 Å². The molecule has 2 aliphatic heterocycles. The van der Waals surface area contributed by atoms with Crippen molar-refractivity contribution >= 4 is 15.7 Å². The number of hydrogen-bond donors (Lipinski definition) is 1. The third kappa shape index (κ3) is 1.65. The van der Waals surface area contributed by atoms with Crippen LogP contribution in [0.25, 0.3) is 0 Å². The Morgan fingerprint density at radius 1 is 1.30 bits per heavy atom. The molecule has 2 atom stereocenters. The van der Waals surface area contributed by atoms with Crippen molar-refractivity contribution in [3.63, 3.8) is 0 Å². The molecular weight excluding hydrogens is 278 g/mol. The molecule has 2 fully saturated rings. The molecule has 1 N–H and O–H groups in total. The molecule has 20 heavy (non-hydrogen) atoms. The van der Waals surface area contributed by atoms with Crippen LogP contribution in [0.4, 0.5) is 0 Å². The lowest BCUT2D eigenvalue weighted by molar-refractivity contribution is 0.0780. The summed E-state index contributed by atoms with van der Waals surface area (Å²) in [6.07, 6.45) is 3.60. The van der Waals surface area contributed by atoms with E-state index in [0.717, 1.165) is 30.5 Å². The Bertz CT molecular complexity index is 679. The summed E-state index contributed by atoms with van der Waals surface area (Å²) < 4.78 is 23.9. The summed E-state index contributed by atoms with van der Waals surface area (Å²) in [7, 11) is -2.99. The molecule has 1 aromatic heterocycles. The Hall–Kier alpha value is -1.37. The van der Waals surface area contributed by atoms with Gasteiger partial charge in [-0.2, -0.15) is 5.10 Å². The predicted molar refractivity (Wildman–Crippen MR) is 72.2 cm³/mol. The average molecular weight is 295 g/mol. The van der Waals surface area contributed by atoms with Crippen LogP contribution in [0.15, 0.2) is 0 Å². The van der Waals surface area contributed by atoms with Gasteiger partial charge in [-0.1, -0.05) is 0 Å². The summed E-state index contributed by atoms with van der Waals surface area (Å²) in [5, 5.41) is 6.74. The molecular formula is C13H17N3O3S. The standard InChI is InChI=1S/C13H17N3O3S/c17-13(12-9-2-1-3-10(9)14-15-12)16-6-8-4-5-20(18,19)11(8)7-16/h8,11H,1-7H2,(H,14,15)/t8-,11+/m0/s1. The highest BCUT2D eigenvalue weighted by molar-refractivity contribution is 7.92. The minimum Gasteiger partial charge on any atom is -0.336 e. The number of likely N-dealkylation sites (tertiary alicyclic amines) is 1. The van der Waals surface area contributed by atoms with E-state index in [1.165, 1.54) is 0 Å². The van der Waals surface area contributed by atoms with E-state index in [2.05, 4.69) is 10.2 Å². The van der Waals surface area contributed by atoms with Gasteiger partial charge >= 0.3 is 0 Å². The van der Waals surface area contributed by atoms with Crippen LogP contribution in [0.1, 0.15) is 34.6 Å². The highest BCUT2D eigenvalue weighted by Gasteiger charge is 2.48. The summed E-state index contributed by atoms with van der Waals surface area (Å²) in [6.45, 7) is 0.901. The van der Waals surface area contributed by atoms with Crippen molar-refractivity contribution in [1.82, 2.24) is 15.1 Å². The first-order valence-electron chi connectivity index (χ1n) is 7.13.